The largest absolute Gasteiger partial charge is 0.493 e. The smallest absolute Gasteiger partial charge is 0.271 e. The zero-order valence-electron chi connectivity index (χ0n) is 23.8. The van der Waals surface area contributed by atoms with Gasteiger partial charge >= 0.3 is 0 Å². The topological polar surface area (TPSA) is 64.9 Å². The van der Waals surface area contributed by atoms with E-state index < -0.39 is 0 Å². The molecular formula is C36H33N3O3. The van der Waals surface area contributed by atoms with Crippen LogP contribution in [0.15, 0.2) is 127 Å². The Hall–Kier alpha value is -5.36. The summed E-state index contributed by atoms with van der Waals surface area (Å²) in [5.41, 5.74) is 10.2. The van der Waals surface area contributed by atoms with Crippen molar-refractivity contribution in [3.05, 3.63) is 150 Å². The molecule has 210 valence electrons. The standard InChI is InChI=1S/C36H33N3O3/c1-4-11-31-22-28(23-34(41-3)35(31)42-25-27-12-7-5-8-13-27)24-37-38-36(40)30-17-19-32(20-18-30)39-26(2)16-21-33(39)29-14-9-6-10-15-29/h4-10,12-24H,1,11,25H2,2-3H3,(H,38,40)/b37-24+. The molecule has 1 N–H and O–H groups in total. The van der Waals surface area contributed by atoms with Gasteiger partial charge in [-0.1, -0.05) is 66.7 Å². The minimum Gasteiger partial charge on any atom is -0.493 e. The van der Waals surface area contributed by atoms with E-state index in [2.05, 4.69) is 52.9 Å². The molecule has 0 radical (unpaired) electrons. The van der Waals surface area contributed by atoms with E-state index >= 15 is 0 Å². The van der Waals surface area contributed by atoms with E-state index in [-0.39, 0.29) is 5.91 Å². The number of aromatic nitrogens is 1. The lowest BCUT2D eigenvalue weighted by Gasteiger charge is -2.16. The van der Waals surface area contributed by atoms with Crippen LogP contribution in [0.2, 0.25) is 0 Å². The number of nitrogens with zero attached hydrogens (tertiary/aromatic N) is 2. The Kier molecular flexibility index (Phi) is 8.94. The summed E-state index contributed by atoms with van der Waals surface area (Å²) in [4.78, 5) is 12.9. The lowest BCUT2D eigenvalue weighted by Crippen LogP contribution is -2.17. The number of benzene rings is 4. The van der Waals surface area contributed by atoms with Gasteiger partial charge in [-0.2, -0.15) is 5.10 Å². The lowest BCUT2D eigenvalue weighted by molar-refractivity contribution is 0.0955. The molecule has 1 heterocycles. The molecule has 0 bridgehead atoms. The van der Waals surface area contributed by atoms with Crippen LogP contribution in [-0.4, -0.2) is 23.8 Å². The second-order valence-corrected chi connectivity index (χ2v) is 9.79. The molecule has 0 saturated heterocycles. The molecule has 1 aromatic heterocycles. The Morgan fingerprint density at radius 2 is 1.64 bits per heavy atom. The summed E-state index contributed by atoms with van der Waals surface area (Å²) in [6, 6.07) is 35.7. The van der Waals surface area contributed by atoms with Gasteiger partial charge in [0.1, 0.15) is 6.61 Å². The molecule has 0 atom stereocenters. The van der Waals surface area contributed by atoms with Crippen molar-refractivity contribution >= 4 is 12.1 Å². The first-order chi connectivity index (χ1) is 20.6. The van der Waals surface area contributed by atoms with Crippen LogP contribution in [0.3, 0.4) is 0 Å². The number of amides is 1. The maximum atomic E-state index is 12.9. The summed E-state index contributed by atoms with van der Waals surface area (Å²) < 4.78 is 14.0. The van der Waals surface area contributed by atoms with Gasteiger partial charge in [0.05, 0.1) is 19.0 Å². The summed E-state index contributed by atoms with van der Waals surface area (Å²) in [7, 11) is 1.60. The average Bonchev–Trinajstić information content (AvgIpc) is 3.42. The summed E-state index contributed by atoms with van der Waals surface area (Å²) in [5.74, 6) is 0.950. The van der Waals surface area contributed by atoms with Crippen LogP contribution in [0, 0.1) is 6.92 Å². The zero-order valence-corrected chi connectivity index (χ0v) is 23.8. The molecule has 0 aliphatic rings. The van der Waals surface area contributed by atoms with Crippen LogP contribution < -0.4 is 14.9 Å². The van der Waals surface area contributed by atoms with E-state index in [1.165, 1.54) is 0 Å². The summed E-state index contributed by atoms with van der Waals surface area (Å²) in [6.45, 7) is 6.36. The van der Waals surface area contributed by atoms with Crippen molar-refractivity contribution in [2.75, 3.05) is 7.11 Å². The molecule has 0 aliphatic heterocycles. The van der Waals surface area contributed by atoms with E-state index in [4.69, 9.17) is 9.47 Å². The maximum absolute atomic E-state index is 12.9. The summed E-state index contributed by atoms with van der Waals surface area (Å²) in [5, 5.41) is 4.21. The number of ether oxygens (including phenoxy) is 2. The third kappa shape index (κ3) is 6.50. The zero-order chi connectivity index (χ0) is 29.3. The van der Waals surface area contributed by atoms with Gasteiger partial charge in [0.15, 0.2) is 11.5 Å². The van der Waals surface area contributed by atoms with Crippen molar-refractivity contribution in [1.29, 1.82) is 0 Å². The molecule has 5 rings (SSSR count). The van der Waals surface area contributed by atoms with Crippen LogP contribution in [-0.2, 0) is 13.0 Å². The SMILES string of the molecule is C=CCc1cc(/C=N/NC(=O)c2ccc(-n3c(C)ccc3-c3ccccc3)cc2)cc(OC)c1OCc1ccccc1. The van der Waals surface area contributed by atoms with E-state index in [9.17, 15) is 4.79 Å². The number of methoxy groups -OCH3 is 1. The van der Waals surface area contributed by atoms with Gasteiger partial charge in [-0.25, -0.2) is 5.43 Å². The molecule has 0 spiro atoms. The van der Waals surface area contributed by atoms with Crippen LogP contribution in [0.1, 0.15) is 32.7 Å². The number of nitrogens with one attached hydrogen (secondary N) is 1. The summed E-state index contributed by atoms with van der Waals surface area (Å²) in [6.07, 6.45) is 4.00. The highest BCUT2D eigenvalue weighted by atomic mass is 16.5. The van der Waals surface area contributed by atoms with Gasteiger partial charge in [-0.15, -0.1) is 6.58 Å². The normalized spacial score (nSPS) is 10.9. The first-order valence-corrected chi connectivity index (χ1v) is 13.7. The fourth-order valence-corrected chi connectivity index (χ4v) is 4.82. The van der Waals surface area contributed by atoms with E-state index in [0.717, 1.165) is 39.3 Å². The Morgan fingerprint density at radius 3 is 2.33 bits per heavy atom. The van der Waals surface area contributed by atoms with Crippen LogP contribution in [0.4, 0.5) is 0 Å². The minimum absolute atomic E-state index is 0.300. The van der Waals surface area contributed by atoms with Crippen molar-refractivity contribution in [3.8, 4) is 28.4 Å². The Balaban J connectivity index is 1.29. The van der Waals surface area contributed by atoms with E-state index in [1.807, 2.05) is 78.9 Å². The van der Waals surface area contributed by atoms with Crippen molar-refractivity contribution in [2.24, 2.45) is 5.10 Å². The first-order valence-electron chi connectivity index (χ1n) is 13.7. The number of allylic oxidation sites excluding steroid dienone is 1. The van der Waals surface area contributed by atoms with E-state index in [1.54, 1.807) is 25.5 Å². The van der Waals surface area contributed by atoms with Gasteiger partial charge in [-0.05, 0) is 78.6 Å². The molecular weight excluding hydrogens is 522 g/mol. The number of hydrazone groups is 1. The van der Waals surface area contributed by atoms with Crippen LogP contribution in [0.25, 0.3) is 16.9 Å². The fraction of sp³-hybridized carbons (Fsp3) is 0.111. The van der Waals surface area contributed by atoms with Crippen molar-refractivity contribution < 1.29 is 14.3 Å². The molecule has 0 unspecified atom stereocenters. The van der Waals surface area contributed by atoms with Crippen molar-refractivity contribution in [1.82, 2.24) is 9.99 Å². The van der Waals surface area contributed by atoms with Gasteiger partial charge in [0.2, 0.25) is 0 Å². The number of hydrogen-bond acceptors (Lipinski definition) is 4. The number of aryl methyl sites for hydroxylation is 1. The predicted molar refractivity (Wildman–Crippen MR) is 169 cm³/mol. The van der Waals surface area contributed by atoms with Crippen LogP contribution in [0.5, 0.6) is 11.5 Å². The van der Waals surface area contributed by atoms with Gasteiger partial charge in [0, 0.05) is 22.5 Å². The Labute approximate surface area is 246 Å². The third-order valence-corrected chi connectivity index (χ3v) is 6.88. The highest BCUT2D eigenvalue weighted by molar-refractivity contribution is 5.95. The Morgan fingerprint density at radius 1 is 0.929 bits per heavy atom. The van der Waals surface area contributed by atoms with Crippen LogP contribution >= 0.6 is 0 Å². The quantitative estimate of drug-likeness (QED) is 0.104. The molecule has 0 saturated carbocycles. The van der Waals surface area contributed by atoms with Gasteiger partial charge in [-0.3, -0.25) is 4.79 Å². The molecule has 0 aliphatic carbocycles. The molecule has 5 aromatic rings. The van der Waals surface area contributed by atoms with Gasteiger partial charge in [0.25, 0.3) is 5.91 Å². The number of carbonyl (C=O) groups is 1. The second kappa shape index (κ2) is 13.3. The second-order valence-electron chi connectivity index (χ2n) is 9.79. The summed E-state index contributed by atoms with van der Waals surface area (Å²) >= 11 is 0. The average molecular weight is 556 g/mol. The highest BCUT2D eigenvalue weighted by Gasteiger charge is 2.14. The first kappa shape index (κ1) is 28.2. The molecule has 1 amide bonds. The molecule has 6 heteroatoms. The van der Waals surface area contributed by atoms with Crippen molar-refractivity contribution in [2.45, 2.75) is 20.0 Å². The predicted octanol–water partition coefficient (Wildman–Crippen LogP) is 7.53. The third-order valence-electron chi connectivity index (χ3n) is 6.88. The molecule has 4 aromatic carbocycles. The number of carbonyl (C=O) groups excluding carboxylic acids is 1. The number of rotatable bonds is 11. The molecule has 0 fully saturated rings. The monoisotopic (exact) mass is 555 g/mol. The fourth-order valence-electron chi connectivity index (χ4n) is 4.82. The van der Waals surface area contributed by atoms with Crippen molar-refractivity contribution in [3.63, 3.8) is 0 Å². The molecule has 6 nitrogen and oxygen atoms in total. The highest BCUT2D eigenvalue weighted by Crippen LogP contribution is 2.34. The number of hydrogen-bond donors (Lipinski definition) is 1. The lowest BCUT2D eigenvalue weighted by atomic mass is 10.1. The van der Waals surface area contributed by atoms with Gasteiger partial charge < -0.3 is 14.0 Å². The molecule has 42 heavy (non-hydrogen) atoms. The maximum Gasteiger partial charge on any atom is 0.271 e. The minimum atomic E-state index is -0.300. The van der Waals surface area contributed by atoms with E-state index in [0.29, 0.717) is 30.1 Å². The Bertz CT molecular complexity index is 1690.